The van der Waals surface area contributed by atoms with Gasteiger partial charge in [0.05, 0.1) is 12.5 Å². The smallest absolute Gasteiger partial charge is 0.327 e. The Balaban J connectivity index is 1.13. The van der Waals surface area contributed by atoms with Gasteiger partial charge in [-0.05, 0) is 67.6 Å². The Morgan fingerprint density at radius 1 is 0.974 bits per heavy atom. The lowest BCUT2D eigenvalue weighted by Gasteiger charge is -2.46. The van der Waals surface area contributed by atoms with Crippen LogP contribution in [0.5, 0.6) is 11.5 Å². The SMILES string of the molecule is O=C(CCCCN1C(=O)C2CCCCC2N(CC(=O)c2ccc(F)cc2)C1=O)NCc1ccc2c(c1)OCO2. The molecule has 10 heteroatoms. The standard InChI is InChI=1S/C29H32FN3O6/c30-21-11-9-20(10-12-21)24(34)17-33-23-6-2-1-5-22(23)28(36)32(29(33)37)14-4-3-7-27(35)31-16-19-8-13-25-26(15-19)39-18-38-25/h8-13,15,22-23H,1-7,14,16-18H2,(H,31,35). The number of rotatable bonds is 10. The monoisotopic (exact) mass is 537 g/mol. The summed E-state index contributed by atoms with van der Waals surface area (Å²) in [4.78, 5) is 54.7. The topological polar surface area (TPSA) is 105 Å². The normalized spacial score (nSPS) is 20.1. The van der Waals surface area contributed by atoms with Crippen LogP contribution in [0.15, 0.2) is 42.5 Å². The van der Waals surface area contributed by atoms with Crippen LogP contribution in [0, 0.1) is 11.7 Å². The number of benzene rings is 2. The van der Waals surface area contributed by atoms with Crippen LogP contribution in [-0.2, 0) is 16.1 Å². The molecule has 1 aliphatic carbocycles. The molecule has 0 bridgehead atoms. The van der Waals surface area contributed by atoms with Crippen molar-refractivity contribution in [2.75, 3.05) is 19.9 Å². The van der Waals surface area contributed by atoms with Gasteiger partial charge in [-0.15, -0.1) is 0 Å². The first kappa shape index (κ1) is 26.6. The van der Waals surface area contributed by atoms with Crippen molar-refractivity contribution in [3.05, 3.63) is 59.4 Å². The zero-order valence-electron chi connectivity index (χ0n) is 21.7. The van der Waals surface area contributed by atoms with Crippen LogP contribution in [0.3, 0.4) is 0 Å². The van der Waals surface area contributed by atoms with Crippen LogP contribution in [-0.4, -0.2) is 59.4 Å². The Labute approximate surface area is 226 Å². The summed E-state index contributed by atoms with van der Waals surface area (Å²) in [5, 5.41) is 2.88. The van der Waals surface area contributed by atoms with E-state index in [0.717, 1.165) is 18.4 Å². The van der Waals surface area contributed by atoms with Crippen LogP contribution >= 0.6 is 0 Å². The average molecular weight is 538 g/mol. The molecular weight excluding hydrogens is 505 g/mol. The molecule has 39 heavy (non-hydrogen) atoms. The fourth-order valence-electron chi connectivity index (χ4n) is 5.53. The number of ether oxygens (including phenoxy) is 2. The fourth-order valence-corrected chi connectivity index (χ4v) is 5.53. The van der Waals surface area contributed by atoms with Gasteiger partial charge in [0.2, 0.25) is 18.6 Å². The fraction of sp³-hybridized carbons (Fsp3) is 0.448. The lowest BCUT2D eigenvalue weighted by atomic mass is 9.81. The number of halogens is 1. The maximum atomic E-state index is 13.4. The van der Waals surface area contributed by atoms with E-state index in [1.165, 1.54) is 34.1 Å². The maximum Gasteiger partial charge on any atom is 0.327 e. The molecule has 5 rings (SSSR count). The predicted octanol–water partition coefficient (Wildman–Crippen LogP) is 4.05. The Morgan fingerprint density at radius 2 is 1.74 bits per heavy atom. The highest BCUT2D eigenvalue weighted by Gasteiger charge is 2.47. The summed E-state index contributed by atoms with van der Waals surface area (Å²) in [5.41, 5.74) is 1.22. The van der Waals surface area contributed by atoms with Crippen molar-refractivity contribution in [3.8, 4) is 11.5 Å². The van der Waals surface area contributed by atoms with Gasteiger partial charge >= 0.3 is 6.03 Å². The van der Waals surface area contributed by atoms with Crippen molar-refractivity contribution in [2.24, 2.45) is 5.92 Å². The number of hydrogen-bond acceptors (Lipinski definition) is 6. The number of urea groups is 1. The third-order valence-corrected chi connectivity index (χ3v) is 7.63. The summed E-state index contributed by atoms with van der Waals surface area (Å²) in [6, 6.07) is 9.99. The van der Waals surface area contributed by atoms with E-state index in [0.29, 0.717) is 49.3 Å². The van der Waals surface area contributed by atoms with Gasteiger partial charge in [-0.2, -0.15) is 0 Å². The second-order valence-corrected chi connectivity index (χ2v) is 10.2. The Bertz CT molecular complexity index is 1250. The van der Waals surface area contributed by atoms with Crippen molar-refractivity contribution in [2.45, 2.75) is 57.5 Å². The van der Waals surface area contributed by atoms with Crippen molar-refractivity contribution in [3.63, 3.8) is 0 Å². The molecule has 2 atom stereocenters. The highest BCUT2D eigenvalue weighted by atomic mass is 19.1. The highest BCUT2D eigenvalue weighted by molar-refractivity contribution is 6.03. The molecule has 9 nitrogen and oxygen atoms in total. The molecule has 2 aromatic rings. The Kier molecular flexibility index (Phi) is 8.09. The highest BCUT2D eigenvalue weighted by Crippen LogP contribution is 2.35. The summed E-state index contributed by atoms with van der Waals surface area (Å²) >= 11 is 0. The van der Waals surface area contributed by atoms with Gasteiger partial charge in [-0.1, -0.05) is 18.9 Å². The minimum Gasteiger partial charge on any atom is -0.454 e. The first-order valence-corrected chi connectivity index (χ1v) is 13.5. The van der Waals surface area contributed by atoms with Crippen LogP contribution in [0.1, 0.15) is 60.9 Å². The lowest BCUT2D eigenvalue weighted by Crippen LogP contribution is -2.63. The van der Waals surface area contributed by atoms with Gasteiger partial charge in [-0.3, -0.25) is 19.3 Å². The van der Waals surface area contributed by atoms with Gasteiger partial charge in [0, 0.05) is 31.1 Å². The van der Waals surface area contributed by atoms with Crippen LogP contribution in [0.4, 0.5) is 9.18 Å². The maximum absolute atomic E-state index is 13.4. The van der Waals surface area contributed by atoms with Crippen molar-refractivity contribution >= 4 is 23.6 Å². The third kappa shape index (κ3) is 6.05. The molecule has 0 radical (unpaired) electrons. The van der Waals surface area contributed by atoms with Crippen molar-refractivity contribution in [1.29, 1.82) is 0 Å². The first-order chi connectivity index (χ1) is 18.9. The molecule has 1 saturated carbocycles. The van der Waals surface area contributed by atoms with Crippen molar-refractivity contribution in [1.82, 2.24) is 15.1 Å². The molecule has 1 N–H and O–H groups in total. The van der Waals surface area contributed by atoms with Gasteiger partial charge in [0.1, 0.15) is 5.82 Å². The predicted molar refractivity (Wildman–Crippen MR) is 139 cm³/mol. The second-order valence-electron chi connectivity index (χ2n) is 10.2. The van der Waals surface area contributed by atoms with E-state index in [4.69, 9.17) is 9.47 Å². The lowest BCUT2D eigenvalue weighted by molar-refractivity contribution is -0.140. The molecule has 1 saturated heterocycles. The molecule has 2 aromatic carbocycles. The molecule has 0 aromatic heterocycles. The number of carbonyl (C=O) groups is 4. The summed E-state index contributed by atoms with van der Waals surface area (Å²) in [5.74, 6) is -0.0313. The zero-order chi connectivity index (χ0) is 27.4. The summed E-state index contributed by atoms with van der Waals surface area (Å²) in [6.07, 6.45) is 4.40. The Morgan fingerprint density at radius 3 is 2.56 bits per heavy atom. The molecule has 4 amide bonds. The third-order valence-electron chi connectivity index (χ3n) is 7.63. The van der Waals surface area contributed by atoms with Gasteiger partial charge in [-0.25, -0.2) is 9.18 Å². The molecule has 3 aliphatic rings. The van der Waals surface area contributed by atoms with Gasteiger partial charge < -0.3 is 19.7 Å². The molecule has 2 fully saturated rings. The number of hydrogen-bond donors (Lipinski definition) is 1. The van der Waals surface area contributed by atoms with Crippen molar-refractivity contribution < 1.29 is 33.0 Å². The van der Waals surface area contributed by atoms with E-state index in [-0.39, 0.29) is 55.9 Å². The van der Waals surface area contributed by atoms with Crippen LogP contribution in [0.2, 0.25) is 0 Å². The molecular formula is C29H32FN3O6. The molecule has 2 heterocycles. The number of amides is 4. The summed E-state index contributed by atoms with van der Waals surface area (Å²) in [6.45, 7) is 0.588. The Hall–Kier alpha value is -3.95. The molecule has 0 spiro atoms. The summed E-state index contributed by atoms with van der Waals surface area (Å²) in [7, 11) is 0. The number of unbranched alkanes of at least 4 members (excludes halogenated alkanes) is 1. The van der Waals surface area contributed by atoms with Crippen LogP contribution in [0.25, 0.3) is 0 Å². The van der Waals surface area contributed by atoms with E-state index < -0.39 is 11.8 Å². The number of carbonyl (C=O) groups excluding carboxylic acids is 4. The minimum atomic E-state index is -0.467. The number of ketones is 1. The van der Waals surface area contributed by atoms with Gasteiger partial charge in [0.25, 0.3) is 0 Å². The molecule has 2 aliphatic heterocycles. The first-order valence-electron chi connectivity index (χ1n) is 13.5. The largest absolute Gasteiger partial charge is 0.454 e. The summed E-state index contributed by atoms with van der Waals surface area (Å²) < 4.78 is 23.9. The number of fused-ring (bicyclic) bond motifs is 2. The number of nitrogens with zero attached hydrogens (tertiary/aromatic N) is 2. The van der Waals surface area contributed by atoms with E-state index in [1.807, 2.05) is 18.2 Å². The number of Topliss-reactive ketones (excluding diaryl/α,β-unsaturated/α-hetero) is 1. The minimum absolute atomic E-state index is 0.122. The number of imide groups is 1. The van der Waals surface area contributed by atoms with E-state index >= 15 is 0 Å². The number of nitrogens with one attached hydrogen (secondary N) is 1. The van der Waals surface area contributed by atoms with E-state index in [2.05, 4.69) is 5.32 Å². The van der Waals surface area contributed by atoms with Gasteiger partial charge in [0.15, 0.2) is 17.3 Å². The average Bonchev–Trinajstić information content (AvgIpc) is 3.42. The second kappa shape index (κ2) is 11.8. The molecule has 206 valence electrons. The van der Waals surface area contributed by atoms with E-state index in [9.17, 15) is 23.6 Å². The molecule has 2 unspecified atom stereocenters. The quantitative estimate of drug-likeness (QED) is 0.362. The van der Waals surface area contributed by atoms with Crippen LogP contribution < -0.4 is 14.8 Å². The van der Waals surface area contributed by atoms with E-state index in [1.54, 1.807) is 0 Å². The zero-order valence-corrected chi connectivity index (χ0v) is 21.7.